The first-order chi connectivity index (χ1) is 9.21. The van der Waals surface area contributed by atoms with E-state index in [0.29, 0.717) is 11.9 Å². The third kappa shape index (κ3) is 3.55. The molecule has 3 heteroatoms. The van der Waals surface area contributed by atoms with Crippen molar-refractivity contribution in [2.24, 2.45) is 17.1 Å². The second-order valence-corrected chi connectivity index (χ2v) is 8.30. The molecule has 0 aromatic heterocycles. The molecule has 2 aliphatic rings. The number of carbonyl (C=O) groups excluding carboxylic acids is 1. The van der Waals surface area contributed by atoms with Gasteiger partial charge in [0.15, 0.2) is 0 Å². The average molecular weight is 280 g/mol. The molecule has 0 aromatic rings. The molecule has 2 N–H and O–H groups in total. The van der Waals surface area contributed by atoms with E-state index in [2.05, 4.69) is 18.7 Å². The van der Waals surface area contributed by atoms with Gasteiger partial charge < -0.3 is 10.6 Å². The highest BCUT2D eigenvalue weighted by molar-refractivity contribution is 5.82. The Morgan fingerprint density at radius 3 is 2.35 bits per heavy atom. The summed E-state index contributed by atoms with van der Waals surface area (Å²) in [4.78, 5) is 15.2. The number of amides is 1. The van der Waals surface area contributed by atoms with Crippen LogP contribution in [0.3, 0.4) is 0 Å². The van der Waals surface area contributed by atoms with Crippen LogP contribution in [0.1, 0.15) is 72.6 Å². The third-order valence-corrected chi connectivity index (χ3v) is 4.98. The van der Waals surface area contributed by atoms with Crippen molar-refractivity contribution < 1.29 is 4.79 Å². The van der Waals surface area contributed by atoms with E-state index in [1.165, 1.54) is 38.5 Å². The standard InChI is InChI=1S/C17H32N2O/c1-16(2,12-17(3,4)18)15(20)19-11-7-9-13-8-5-6-10-14(13)19/h13-14H,5-12,18H2,1-4H3. The van der Waals surface area contributed by atoms with Gasteiger partial charge in [0.1, 0.15) is 0 Å². The summed E-state index contributed by atoms with van der Waals surface area (Å²) >= 11 is 0. The van der Waals surface area contributed by atoms with Gasteiger partial charge in [-0.2, -0.15) is 0 Å². The van der Waals surface area contributed by atoms with Crippen molar-refractivity contribution >= 4 is 5.91 Å². The van der Waals surface area contributed by atoms with Gasteiger partial charge in [0.25, 0.3) is 0 Å². The monoisotopic (exact) mass is 280 g/mol. The molecule has 1 amide bonds. The summed E-state index contributed by atoms with van der Waals surface area (Å²) in [5, 5.41) is 0. The third-order valence-electron chi connectivity index (χ3n) is 4.98. The molecular weight excluding hydrogens is 248 g/mol. The molecule has 2 rings (SSSR count). The van der Waals surface area contributed by atoms with Crippen LogP contribution >= 0.6 is 0 Å². The zero-order valence-corrected chi connectivity index (χ0v) is 13.7. The van der Waals surface area contributed by atoms with Gasteiger partial charge in [-0.15, -0.1) is 0 Å². The lowest BCUT2D eigenvalue weighted by Gasteiger charge is -2.47. The molecule has 2 atom stereocenters. The van der Waals surface area contributed by atoms with Crippen molar-refractivity contribution in [1.29, 1.82) is 0 Å². The van der Waals surface area contributed by atoms with Gasteiger partial charge in [-0.25, -0.2) is 0 Å². The molecule has 0 aromatic carbocycles. The van der Waals surface area contributed by atoms with E-state index in [1.54, 1.807) is 0 Å². The molecule has 0 bridgehead atoms. The number of nitrogens with zero attached hydrogens (tertiary/aromatic N) is 1. The minimum atomic E-state index is -0.350. The Labute approximate surface area is 124 Å². The topological polar surface area (TPSA) is 46.3 Å². The molecule has 3 nitrogen and oxygen atoms in total. The molecule has 1 saturated carbocycles. The quantitative estimate of drug-likeness (QED) is 0.862. The molecule has 2 unspecified atom stereocenters. The Kier molecular flexibility index (Phi) is 4.48. The first kappa shape index (κ1) is 15.8. The summed E-state index contributed by atoms with van der Waals surface area (Å²) in [6.45, 7) is 9.12. The molecular formula is C17H32N2O. The highest BCUT2D eigenvalue weighted by Crippen LogP contribution is 2.38. The van der Waals surface area contributed by atoms with E-state index in [4.69, 9.17) is 5.73 Å². The van der Waals surface area contributed by atoms with Gasteiger partial charge in [0.05, 0.1) is 0 Å². The molecule has 1 aliphatic heterocycles. The largest absolute Gasteiger partial charge is 0.339 e. The second-order valence-electron chi connectivity index (χ2n) is 8.30. The number of likely N-dealkylation sites (tertiary alicyclic amines) is 1. The van der Waals surface area contributed by atoms with Crippen LogP contribution in [0.15, 0.2) is 0 Å². The summed E-state index contributed by atoms with van der Waals surface area (Å²) in [5.41, 5.74) is 5.51. The van der Waals surface area contributed by atoms with Crippen molar-refractivity contribution in [3.63, 3.8) is 0 Å². The summed E-state index contributed by atoms with van der Waals surface area (Å²) in [7, 11) is 0. The zero-order valence-electron chi connectivity index (χ0n) is 13.7. The predicted octanol–water partition coefficient (Wildman–Crippen LogP) is 3.32. The number of piperidine rings is 1. The first-order valence-electron chi connectivity index (χ1n) is 8.31. The Bertz CT molecular complexity index is 354. The van der Waals surface area contributed by atoms with Crippen molar-refractivity contribution in [3.05, 3.63) is 0 Å². The van der Waals surface area contributed by atoms with Crippen LogP contribution in [0.25, 0.3) is 0 Å². The van der Waals surface area contributed by atoms with Gasteiger partial charge in [0, 0.05) is 23.5 Å². The lowest BCUT2D eigenvalue weighted by atomic mass is 9.75. The van der Waals surface area contributed by atoms with E-state index in [1.807, 2.05) is 13.8 Å². The fourth-order valence-electron chi connectivity index (χ4n) is 4.48. The molecule has 20 heavy (non-hydrogen) atoms. The SMILES string of the molecule is CC(C)(N)CC(C)(C)C(=O)N1CCCC2CCCCC21. The maximum absolute atomic E-state index is 13.0. The number of carbonyl (C=O) groups is 1. The van der Waals surface area contributed by atoms with Gasteiger partial charge >= 0.3 is 0 Å². The first-order valence-corrected chi connectivity index (χ1v) is 8.31. The minimum absolute atomic E-state index is 0.291. The van der Waals surface area contributed by atoms with Crippen molar-refractivity contribution in [2.75, 3.05) is 6.54 Å². The Morgan fingerprint density at radius 2 is 1.70 bits per heavy atom. The fourth-order valence-corrected chi connectivity index (χ4v) is 4.48. The van der Waals surface area contributed by atoms with Crippen LogP contribution in [0.2, 0.25) is 0 Å². The van der Waals surface area contributed by atoms with Gasteiger partial charge in [-0.1, -0.05) is 26.7 Å². The van der Waals surface area contributed by atoms with Crippen LogP contribution in [0, 0.1) is 11.3 Å². The Balaban J connectivity index is 2.10. The summed E-state index contributed by atoms with van der Waals surface area (Å²) < 4.78 is 0. The maximum Gasteiger partial charge on any atom is 0.228 e. The Hall–Kier alpha value is -0.570. The summed E-state index contributed by atoms with van der Waals surface area (Å²) in [6.07, 6.45) is 8.39. The number of fused-ring (bicyclic) bond motifs is 1. The number of hydrogen-bond acceptors (Lipinski definition) is 2. The van der Waals surface area contributed by atoms with Gasteiger partial charge in [0.2, 0.25) is 5.91 Å². The van der Waals surface area contributed by atoms with E-state index in [9.17, 15) is 4.79 Å². The molecule has 0 radical (unpaired) electrons. The molecule has 1 heterocycles. The highest BCUT2D eigenvalue weighted by atomic mass is 16.2. The normalized spacial score (nSPS) is 28.1. The molecule has 116 valence electrons. The zero-order chi connectivity index (χ0) is 15.0. The number of rotatable bonds is 3. The number of nitrogens with two attached hydrogens (primary N) is 1. The van der Waals surface area contributed by atoms with Crippen LogP contribution in [-0.4, -0.2) is 28.9 Å². The van der Waals surface area contributed by atoms with Crippen LogP contribution < -0.4 is 5.73 Å². The van der Waals surface area contributed by atoms with Crippen LogP contribution in [0.5, 0.6) is 0 Å². The average Bonchev–Trinajstić information content (AvgIpc) is 2.34. The predicted molar refractivity (Wildman–Crippen MR) is 83.4 cm³/mol. The smallest absolute Gasteiger partial charge is 0.228 e. The molecule has 0 spiro atoms. The van der Waals surface area contributed by atoms with E-state index in [0.717, 1.165) is 18.9 Å². The summed E-state index contributed by atoms with van der Waals surface area (Å²) in [6, 6.07) is 0.505. The lowest BCUT2D eigenvalue weighted by molar-refractivity contribution is -0.148. The van der Waals surface area contributed by atoms with E-state index in [-0.39, 0.29) is 11.0 Å². The fraction of sp³-hybridized carbons (Fsp3) is 0.941. The van der Waals surface area contributed by atoms with Crippen molar-refractivity contribution in [1.82, 2.24) is 4.90 Å². The Morgan fingerprint density at radius 1 is 1.10 bits per heavy atom. The highest BCUT2D eigenvalue weighted by Gasteiger charge is 2.42. The van der Waals surface area contributed by atoms with Gasteiger partial charge in [-0.05, 0) is 51.9 Å². The van der Waals surface area contributed by atoms with Gasteiger partial charge in [-0.3, -0.25) is 4.79 Å². The van der Waals surface area contributed by atoms with Crippen molar-refractivity contribution in [2.45, 2.75) is 84.2 Å². The van der Waals surface area contributed by atoms with E-state index >= 15 is 0 Å². The lowest BCUT2D eigenvalue weighted by Crippen LogP contribution is -2.55. The van der Waals surface area contributed by atoms with Crippen LogP contribution in [-0.2, 0) is 4.79 Å². The van der Waals surface area contributed by atoms with E-state index < -0.39 is 0 Å². The van der Waals surface area contributed by atoms with Crippen LogP contribution in [0.4, 0.5) is 0 Å². The summed E-state index contributed by atoms with van der Waals surface area (Å²) in [5.74, 6) is 1.08. The second kappa shape index (κ2) is 5.67. The minimum Gasteiger partial charge on any atom is -0.339 e. The molecule has 1 aliphatic carbocycles. The molecule has 1 saturated heterocycles. The number of hydrogen-bond donors (Lipinski definition) is 1. The molecule has 2 fully saturated rings. The van der Waals surface area contributed by atoms with Crippen molar-refractivity contribution in [3.8, 4) is 0 Å². The maximum atomic E-state index is 13.0.